The van der Waals surface area contributed by atoms with E-state index in [4.69, 9.17) is 0 Å². The number of nitro benzene ring substituents is 1. The average molecular weight is 409 g/mol. The van der Waals surface area contributed by atoms with Crippen molar-refractivity contribution in [2.45, 2.75) is 38.6 Å². The van der Waals surface area contributed by atoms with Gasteiger partial charge in [-0.25, -0.2) is 4.98 Å². The van der Waals surface area contributed by atoms with Crippen molar-refractivity contribution in [2.24, 2.45) is 0 Å². The van der Waals surface area contributed by atoms with Crippen molar-refractivity contribution in [3.63, 3.8) is 0 Å². The molecule has 3 heterocycles. The van der Waals surface area contributed by atoms with Crippen LogP contribution < -0.4 is 15.1 Å². The van der Waals surface area contributed by atoms with E-state index in [-0.39, 0.29) is 11.6 Å². The minimum absolute atomic E-state index is 0.0166. The van der Waals surface area contributed by atoms with E-state index in [0.29, 0.717) is 17.8 Å². The largest absolute Gasteiger partial charge is 0.366 e. The molecule has 1 aromatic carbocycles. The van der Waals surface area contributed by atoms with Crippen LogP contribution in [0.3, 0.4) is 0 Å². The highest BCUT2D eigenvalue weighted by Gasteiger charge is 2.23. The number of rotatable bonds is 6. The van der Waals surface area contributed by atoms with E-state index < -0.39 is 4.92 Å². The Hall–Kier alpha value is -3.16. The summed E-state index contributed by atoms with van der Waals surface area (Å²) in [6.07, 6.45) is 7.51. The molecular formula is C22H27N5O3. The van der Waals surface area contributed by atoms with E-state index in [0.717, 1.165) is 50.4 Å². The maximum atomic E-state index is 12.6. The van der Waals surface area contributed by atoms with Crippen LogP contribution in [0.5, 0.6) is 0 Å². The van der Waals surface area contributed by atoms with Crippen LogP contribution in [0.1, 0.15) is 48.0 Å². The Morgan fingerprint density at radius 2 is 1.70 bits per heavy atom. The van der Waals surface area contributed by atoms with Crippen LogP contribution in [-0.4, -0.2) is 42.0 Å². The van der Waals surface area contributed by atoms with E-state index in [9.17, 15) is 14.9 Å². The second-order valence-corrected chi connectivity index (χ2v) is 7.91. The zero-order valence-electron chi connectivity index (χ0n) is 17.0. The van der Waals surface area contributed by atoms with Crippen molar-refractivity contribution in [3.05, 3.63) is 57.8 Å². The number of nitrogens with zero attached hydrogens (tertiary/aromatic N) is 4. The van der Waals surface area contributed by atoms with E-state index in [2.05, 4.69) is 15.2 Å². The Balaban J connectivity index is 1.40. The zero-order chi connectivity index (χ0) is 20.9. The zero-order valence-corrected chi connectivity index (χ0v) is 17.0. The number of pyridine rings is 1. The summed E-state index contributed by atoms with van der Waals surface area (Å²) in [6.45, 7) is 4.03. The van der Waals surface area contributed by atoms with Crippen LogP contribution in [0, 0.1) is 10.1 Å². The minimum atomic E-state index is -0.409. The molecule has 0 radical (unpaired) electrons. The summed E-state index contributed by atoms with van der Waals surface area (Å²) in [5, 5.41) is 14.4. The quantitative estimate of drug-likeness (QED) is 0.580. The number of hydrogen-bond acceptors (Lipinski definition) is 6. The van der Waals surface area contributed by atoms with Gasteiger partial charge in [-0.3, -0.25) is 14.9 Å². The molecule has 0 spiro atoms. The molecule has 0 bridgehead atoms. The molecule has 8 heteroatoms. The molecule has 2 saturated heterocycles. The summed E-state index contributed by atoms with van der Waals surface area (Å²) < 4.78 is 0. The van der Waals surface area contributed by atoms with Gasteiger partial charge in [-0.2, -0.15) is 0 Å². The van der Waals surface area contributed by atoms with Gasteiger partial charge in [-0.05, 0) is 55.9 Å². The van der Waals surface area contributed by atoms with Gasteiger partial charge in [0.25, 0.3) is 11.6 Å². The van der Waals surface area contributed by atoms with E-state index in [1.807, 2.05) is 17.0 Å². The molecule has 1 N–H and O–H groups in total. The first kappa shape index (κ1) is 20.1. The molecule has 2 aromatic rings. The van der Waals surface area contributed by atoms with Crippen LogP contribution in [0.4, 0.5) is 17.2 Å². The molecule has 0 atom stereocenters. The highest BCUT2D eigenvalue weighted by atomic mass is 16.6. The van der Waals surface area contributed by atoms with Gasteiger partial charge in [-0.1, -0.05) is 6.07 Å². The van der Waals surface area contributed by atoms with Gasteiger partial charge in [0, 0.05) is 50.6 Å². The van der Waals surface area contributed by atoms with Crippen molar-refractivity contribution in [2.75, 3.05) is 36.0 Å². The maximum absolute atomic E-state index is 12.6. The Morgan fingerprint density at radius 3 is 2.37 bits per heavy atom. The lowest BCUT2D eigenvalue weighted by Gasteiger charge is -2.27. The second-order valence-electron chi connectivity index (χ2n) is 7.91. The normalized spacial score (nSPS) is 16.5. The highest BCUT2D eigenvalue weighted by Crippen LogP contribution is 2.31. The first-order valence-corrected chi connectivity index (χ1v) is 10.6. The number of nitrogens with one attached hydrogen (secondary N) is 1. The molecule has 0 saturated carbocycles. The van der Waals surface area contributed by atoms with Gasteiger partial charge in [0.15, 0.2) is 0 Å². The SMILES string of the molecule is O=C(NCc1ccc(N2CCCCC2)nc1)c1ccc(N2CCCC2)c([N+](=O)[O-])c1. The molecule has 1 amide bonds. The molecule has 0 unspecified atom stereocenters. The summed E-state index contributed by atoms with van der Waals surface area (Å²) in [5.41, 5.74) is 1.76. The Morgan fingerprint density at radius 1 is 1.00 bits per heavy atom. The van der Waals surface area contributed by atoms with Gasteiger partial charge in [0.1, 0.15) is 11.5 Å². The molecule has 2 aliphatic rings. The Bertz CT molecular complexity index is 903. The topological polar surface area (TPSA) is 91.6 Å². The molecular weight excluding hydrogens is 382 g/mol. The lowest BCUT2D eigenvalue weighted by Crippen LogP contribution is -2.30. The predicted molar refractivity (Wildman–Crippen MR) is 116 cm³/mol. The predicted octanol–water partition coefficient (Wildman–Crippen LogP) is 3.51. The van der Waals surface area contributed by atoms with Crippen LogP contribution in [0.2, 0.25) is 0 Å². The number of anilines is 2. The van der Waals surface area contributed by atoms with Gasteiger partial charge in [0.05, 0.1) is 4.92 Å². The molecule has 4 rings (SSSR count). The number of aromatic nitrogens is 1. The van der Waals surface area contributed by atoms with Crippen LogP contribution in [0.25, 0.3) is 0 Å². The molecule has 2 aliphatic heterocycles. The monoisotopic (exact) mass is 409 g/mol. The van der Waals surface area contributed by atoms with E-state index in [1.54, 1.807) is 18.3 Å². The van der Waals surface area contributed by atoms with Crippen LogP contribution in [0.15, 0.2) is 36.5 Å². The summed E-state index contributed by atoms with van der Waals surface area (Å²) in [5.74, 6) is 0.643. The molecule has 158 valence electrons. The molecule has 2 fully saturated rings. The Kier molecular flexibility index (Phi) is 6.11. The van der Waals surface area contributed by atoms with Gasteiger partial charge in [0.2, 0.25) is 0 Å². The summed E-state index contributed by atoms with van der Waals surface area (Å²) >= 11 is 0. The smallest absolute Gasteiger partial charge is 0.293 e. The van der Waals surface area contributed by atoms with Crippen LogP contribution in [-0.2, 0) is 6.54 Å². The third-order valence-corrected chi connectivity index (χ3v) is 5.82. The van der Waals surface area contributed by atoms with Crippen molar-refractivity contribution in [3.8, 4) is 0 Å². The molecule has 1 aromatic heterocycles. The van der Waals surface area contributed by atoms with Crippen molar-refractivity contribution in [1.82, 2.24) is 10.3 Å². The van der Waals surface area contributed by atoms with Crippen LogP contribution >= 0.6 is 0 Å². The Labute approximate surface area is 176 Å². The molecule has 0 aliphatic carbocycles. The fraction of sp³-hybridized carbons (Fsp3) is 0.455. The first-order chi connectivity index (χ1) is 14.6. The number of hydrogen-bond donors (Lipinski definition) is 1. The fourth-order valence-corrected chi connectivity index (χ4v) is 4.15. The number of amides is 1. The van der Waals surface area contributed by atoms with Crippen molar-refractivity contribution >= 4 is 23.1 Å². The third-order valence-electron chi connectivity index (χ3n) is 5.82. The van der Waals surface area contributed by atoms with E-state index >= 15 is 0 Å². The highest BCUT2D eigenvalue weighted by molar-refractivity contribution is 5.95. The summed E-state index contributed by atoms with van der Waals surface area (Å²) in [4.78, 5) is 32.5. The standard InChI is InChI=1S/C22H27N5O3/c28-22(18-7-8-19(20(14-18)27(29)30)25-10-4-5-11-25)24-16-17-6-9-21(23-15-17)26-12-2-1-3-13-26/h6-9,14-15H,1-5,10-13,16H2,(H,24,28). The fourth-order valence-electron chi connectivity index (χ4n) is 4.15. The molecule has 30 heavy (non-hydrogen) atoms. The van der Waals surface area contributed by atoms with E-state index in [1.165, 1.54) is 25.3 Å². The van der Waals surface area contributed by atoms with Gasteiger partial charge < -0.3 is 15.1 Å². The summed E-state index contributed by atoms with van der Waals surface area (Å²) in [6, 6.07) is 8.68. The average Bonchev–Trinajstić information content (AvgIpc) is 3.33. The second kappa shape index (κ2) is 9.11. The summed E-state index contributed by atoms with van der Waals surface area (Å²) in [7, 11) is 0. The minimum Gasteiger partial charge on any atom is -0.366 e. The lowest BCUT2D eigenvalue weighted by atomic mass is 10.1. The van der Waals surface area contributed by atoms with Crippen molar-refractivity contribution in [1.29, 1.82) is 0 Å². The number of carbonyl (C=O) groups is 1. The number of nitro groups is 1. The number of carbonyl (C=O) groups excluding carboxylic acids is 1. The maximum Gasteiger partial charge on any atom is 0.293 e. The number of benzene rings is 1. The van der Waals surface area contributed by atoms with Crippen molar-refractivity contribution < 1.29 is 9.72 Å². The third kappa shape index (κ3) is 4.53. The van der Waals surface area contributed by atoms with Gasteiger partial charge >= 0.3 is 0 Å². The van der Waals surface area contributed by atoms with Gasteiger partial charge in [-0.15, -0.1) is 0 Å². The first-order valence-electron chi connectivity index (χ1n) is 10.6. The lowest BCUT2D eigenvalue weighted by molar-refractivity contribution is -0.384. The molecule has 8 nitrogen and oxygen atoms in total. The number of piperidine rings is 1.